The Balaban J connectivity index is 2.47. The van der Waals surface area contributed by atoms with Gasteiger partial charge in [0.15, 0.2) is 0 Å². The smallest absolute Gasteiger partial charge is 0.410 e. The molecular formula is C10H18N2O2S. The standard InChI is InChI=1S/C10H18N2O2S/c1-7(2)6-14-10(13)12-5-3-4-8(12)9(11)15/h7-8H,3-6H2,1-2H3,(H2,11,15). The van der Waals surface area contributed by atoms with Crippen LogP contribution in [0.3, 0.4) is 0 Å². The number of ether oxygens (including phenoxy) is 1. The Morgan fingerprint density at radius 1 is 1.67 bits per heavy atom. The average molecular weight is 230 g/mol. The maximum Gasteiger partial charge on any atom is 0.410 e. The van der Waals surface area contributed by atoms with Crippen LogP contribution in [0.2, 0.25) is 0 Å². The zero-order chi connectivity index (χ0) is 11.4. The molecule has 0 saturated carbocycles. The zero-order valence-electron chi connectivity index (χ0n) is 9.23. The quantitative estimate of drug-likeness (QED) is 0.747. The van der Waals surface area contributed by atoms with E-state index in [0.717, 1.165) is 12.8 Å². The fraction of sp³-hybridized carbons (Fsp3) is 0.800. The number of thiocarbonyl (C=S) groups is 1. The second-order valence-corrected chi connectivity index (χ2v) is 4.70. The number of amides is 1. The van der Waals surface area contributed by atoms with Crippen LogP contribution in [0, 0.1) is 5.92 Å². The average Bonchev–Trinajstić information content (AvgIpc) is 2.62. The monoisotopic (exact) mass is 230 g/mol. The van der Waals surface area contributed by atoms with Gasteiger partial charge in [-0.2, -0.15) is 0 Å². The number of carbonyl (C=O) groups excluding carboxylic acids is 1. The van der Waals surface area contributed by atoms with E-state index in [1.54, 1.807) is 4.90 Å². The molecule has 0 aromatic carbocycles. The molecule has 86 valence electrons. The van der Waals surface area contributed by atoms with Crippen molar-refractivity contribution in [3.05, 3.63) is 0 Å². The first-order chi connectivity index (χ1) is 7.02. The molecule has 5 heteroatoms. The molecule has 0 aromatic rings. The fourth-order valence-corrected chi connectivity index (χ4v) is 1.85. The highest BCUT2D eigenvalue weighted by Gasteiger charge is 2.31. The number of hydrogen-bond donors (Lipinski definition) is 1. The van der Waals surface area contributed by atoms with Crippen molar-refractivity contribution in [1.82, 2.24) is 4.90 Å². The molecule has 0 aromatic heterocycles. The third-order valence-corrected chi connectivity index (χ3v) is 2.63. The third-order valence-electron chi connectivity index (χ3n) is 2.36. The summed E-state index contributed by atoms with van der Waals surface area (Å²) < 4.78 is 5.14. The van der Waals surface area contributed by atoms with Gasteiger partial charge in [0.2, 0.25) is 0 Å². The first-order valence-corrected chi connectivity index (χ1v) is 5.66. The van der Waals surface area contributed by atoms with Crippen molar-refractivity contribution in [2.75, 3.05) is 13.2 Å². The van der Waals surface area contributed by atoms with Gasteiger partial charge in [0.05, 0.1) is 17.6 Å². The summed E-state index contributed by atoms with van der Waals surface area (Å²) in [6, 6.07) is -0.111. The predicted molar refractivity (Wildman–Crippen MR) is 62.7 cm³/mol. The van der Waals surface area contributed by atoms with Crippen LogP contribution in [0.25, 0.3) is 0 Å². The number of rotatable bonds is 3. The zero-order valence-corrected chi connectivity index (χ0v) is 10.0. The molecule has 1 amide bonds. The van der Waals surface area contributed by atoms with Gasteiger partial charge in [0, 0.05) is 6.54 Å². The summed E-state index contributed by atoms with van der Waals surface area (Å²) >= 11 is 4.92. The van der Waals surface area contributed by atoms with Gasteiger partial charge in [-0.3, -0.25) is 4.90 Å². The molecule has 1 rings (SSSR count). The van der Waals surface area contributed by atoms with E-state index in [1.807, 2.05) is 13.8 Å². The van der Waals surface area contributed by atoms with Crippen LogP contribution in [0.5, 0.6) is 0 Å². The minimum atomic E-state index is -0.293. The summed E-state index contributed by atoms with van der Waals surface area (Å²) in [5.41, 5.74) is 5.56. The van der Waals surface area contributed by atoms with Crippen LogP contribution >= 0.6 is 12.2 Å². The van der Waals surface area contributed by atoms with Crippen molar-refractivity contribution < 1.29 is 9.53 Å². The van der Waals surface area contributed by atoms with E-state index in [0.29, 0.717) is 24.1 Å². The molecule has 1 heterocycles. The molecule has 1 fully saturated rings. The molecule has 0 aliphatic carbocycles. The lowest BCUT2D eigenvalue weighted by atomic mass is 10.2. The normalized spacial score (nSPS) is 20.7. The van der Waals surface area contributed by atoms with E-state index in [2.05, 4.69) is 0 Å². The van der Waals surface area contributed by atoms with Crippen LogP contribution in [0.1, 0.15) is 26.7 Å². The van der Waals surface area contributed by atoms with Crippen molar-refractivity contribution in [1.29, 1.82) is 0 Å². The van der Waals surface area contributed by atoms with Gasteiger partial charge in [-0.15, -0.1) is 0 Å². The lowest BCUT2D eigenvalue weighted by Crippen LogP contribution is -2.43. The van der Waals surface area contributed by atoms with E-state index < -0.39 is 0 Å². The van der Waals surface area contributed by atoms with Gasteiger partial charge in [-0.25, -0.2) is 4.79 Å². The topological polar surface area (TPSA) is 55.6 Å². The van der Waals surface area contributed by atoms with E-state index >= 15 is 0 Å². The molecule has 2 N–H and O–H groups in total. The van der Waals surface area contributed by atoms with Gasteiger partial charge >= 0.3 is 6.09 Å². The lowest BCUT2D eigenvalue weighted by molar-refractivity contribution is 0.0950. The second kappa shape index (κ2) is 5.30. The Morgan fingerprint density at radius 2 is 2.33 bits per heavy atom. The molecule has 1 saturated heterocycles. The molecule has 0 spiro atoms. The van der Waals surface area contributed by atoms with Gasteiger partial charge in [-0.1, -0.05) is 26.1 Å². The minimum absolute atomic E-state index is 0.111. The molecule has 1 aliphatic rings. The van der Waals surface area contributed by atoms with Crippen LogP contribution in [0.4, 0.5) is 4.79 Å². The van der Waals surface area contributed by atoms with Gasteiger partial charge < -0.3 is 10.5 Å². The second-order valence-electron chi connectivity index (χ2n) is 4.22. The molecule has 0 bridgehead atoms. The van der Waals surface area contributed by atoms with Crippen LogP contribution in [0.15, 0.2) is 0 Å². The Labute approximate surface area is 95.8 Å². The lowest BCUT2D eigenvalue weighted by Gasteiger charge is -2.23. The summed E-state index contributed by atoms with van der Waals surface area (Å²) in [6.07, 6.45) is 1.50. The molecule has 1 unspecified atom stereocenters. The van der Waals surface area contributed by atoms with Gasteiger partial charge in [-0.05, 0) is 18.8 Å². The van der Waals surface area contributed by atoms with Crippen LogP contribution < -0.4 is 5.73 Å². The first kappa shape index (κ1) is 12.2. The number of likely N-dealkylation sites (tertiary alicyclic amines) is 1. The third kappa shape index (κ3) is 3.34. The van der Waals surface area contributed by atoms with Gasteiger partial charge in [0.25, 0.3) is 0 Å². The van der Waals surface area contributed by atoms with E-state index in [1.165, 1.54) is 0 Å². The molecule has 4 nitrogen and oxygen atoms in total. The number of nitrogens with zero attached hydrogens (tertiary/aromatic N) is 1. The van der Waals surface area contributed by atoms with Crippen molar-refractivity contribution in [3.8, 4) is 0 Å². The maximum absolute atomic E-state index is 11.7. The summed E-state index contributed by atoms with van der Waals surface area (Å²) in [7, 11) is 0. The van der Waals surface area contributed by atoms with E-state index in [9.17, 15) is 4.79 Å². The highest BCUT2D eigenvalue weighted by Crippen LogP contribution is 2.18. The van der Waals surface area contributed by atoms with Gasteiger partial charge in [0.1, 0.15) is 0 Å². The SMILES string of the molecule is CC(C)COC(=O)N1CCCC1C(N)=S. The Morgan fingerprint density at radius 3 is 2.87 bits per heavy atom. The largest absolute Gasteiger partial charge is 0.449 e. The summed E-state index contributed by atoms with van der Waals surface area (Å²) in [4.78, 5) is 13.7. The summed E-state index contributed by atoms with van der Waals surface area (Å²) in [5.74, 6) is 0.347. The molecule has 1 atom stereocenters. The number of hydrogen-bond acceptors (Lipinski definition) is 3. The molecule has 1 aliphatic heterocycles. The highest BCUT2D eigenvalue weighted by atomic mass is 32.1. The summed E-state index contributed by atoms with van der Waals surface area (Å²) in [6.45, 7) is 5.14. The molecule has 0 radical (unpaired) electrons. The van der Waals surface area contributed by atoms with Crippen molar-refractivity contribution >= 4 is 23.3 Å². The number of carbonyl (C=O) groups is 1. The van der Waals surface area contributed by atoms with Crippen molar-refractivity contribution in [3.63, 3.8) is 0 Å². The van der Waals surface area contributed by atoms with E-state index in [-0.39, 0.29) is 12.1 Å². The first-order valence-electron chi connectivity index (χ1n) is 5.25. The van der Waals surface area contributed by atoms with Crippen LogP contribution in [-0.2, 0) is 4.74 Å². The highest BCUT2D eigenvalue weighted by molar-refractivity contribution is 7.80. The van der Waals surface area contributed by atoms with Crippen LogP contribution in [-0.4, -0.2) is 35.2 Å². The molecular weight excluding hydrogens is 212 g/mol. The van der Waals surface area contributed by atoms with Crippen molar-refractivity contribution in [2.24, 2.45) is 11.7 Å². The number of nitrogens with two attached hydrogens (primary N) is 1. The van der Waals surface area contributed by atoms with E-state index in [4.69, 9.17) is 22.7 Å². The van der Waals surface area contributed by atoms with Crippen molar-refractivity contribution in [2.45, 2.75) is 32.7 Å². The Hall–Kier alpha value is -0.840. The fourth-order valence-electron chi connectivity index (χ4n) is 1.60. The minimum Gasteiger partial charge on any atom is -0.449 e. The Bertz CT molecular complexity index is 256. The molecule has 15 heavy (non-hydrogen) atoms. The maximum atomic E-state index is 11.7. The predicted octanol–water partition coefficient (Wildman–Crippen LogP) is 1.53. The Kier molecular flexibility index (Phi) is 4.32. The summed E-state index contributed by atoms with van der Waals surface area (Å²) in [5, 5.41) is 0.